The summed E-state index contributed by atoms with van der Waals surface area (Å²) < 4.78 is 31.2. The summed E-state index contributed by atoms with van der Waals surface area (Å²) in [5.74, 6) is 0.271. The van der Waals surface area contributed by atoms with Crippen LogP contribution in [0.1, 0.15) is 5.76 Å². The Labute approximate surface area is 122 Å². The Bertz CT molecular complexity index is 698. The van der Waals surface area contributed by atoms with E-state index in [1.54, 1.807) is 21.6 Å². The number of amides is 1. The second-order valence-electron chi connectivity index (χ2n) is 5.16. The average molecular weight is 308 g/mol. The van der Waals surface area contributed by atoms with E-state index in [4.69, 9.17) is 4.42 Å². The van der Waals surface area contributed by atoms with Gasteiger partial charge in [0.2, 0.25) is 5.91 Å². The fraction of sp³-hybridized carbons (Fsp3) is 0.357. The predicted octanol–water partition coefficient (Wildman–Crippen LogP) is 0.907. The van der Waals surface area contributed by atoms with E-state index >= 15 is 0 Å². The summed E-state index contributed by atoms with van der Waals surface area (Å²) in [5, 5.41) is -0.490. The molecule has 1 saturated heterocycles. The highest BCUT2D eigenvalue weighted by atomic mass is 32.2. The minimum atomic E-state index is -3.27. The zero-order chi connectivity index (χ0) is 14.9. The van der Waals surface area contributed by atoms with Crippen molar-refractivity contribution < 1.29 is 17.6 Å². The maximum Gasteiger partial charge on any atom is 0.242 e. The summed E-state index contributed by atoms with van der Waals surface area (Å²) >= 11 is 0. The molecular formula is C14H16N2O4S. The predicted molar refractivity (Wildman–Crippen MR) is 76.1 cm³/mol. The molecule has 1 fully saturated rings. The summed E-state index contributed by atoms with van der Waals surface area (Å²) in [7, 11) is -3.27. The molecule has 3 rings (SSSR count). The summed E-state index contributed by atoms with van der Waals surface area (Å²) in [4.78, 5) is 13.5. The summed E-state index contributed by atoms with van der Waals surface area (Å²) in [6, 6.07) is 7.00. The van der Waals surface area contributed by atoms with E-state index in [0.717, 1.165) is 0 Å². The largest absolute Gasteiger partial charge is 0.468 e. The third kappa shape index (κ3) is 3.02. The van der Waals surface area contributed by atoms with E-state index in [1.165, 1.54) is 6.26 Å². The van der Waals surface area contributed by atoms with Crippen LogP contribution in [0.3, 0.4) is 0 Å². The number of carbonyl (C=O) groups excluding carboxylic acids is 1. The Hall–Kier alpha value is -2.02. The molecule has 0 saturated carbocycles. The van der Waals surface area contributed by atoms with Crippen LogP contribution in [0.25, 0.3) is 0 Å². The van der Waals surface area contributed by atoms with Crippen LogP contribution in [0.5, 0.6) is 0 Å². The van der Waals surface area contributed by atoms with Gasteiger partial charge >= 0.3 is 0 Å². The maximum absolute atomic E-state index is 12.2. The highest BCUT2D eigenvalue weighted by molar-refractivity contribution is 7.91. The topological polar surface area (TPSA) is 72.5 Å². The van der Waals surface area contributed by atoms with E-state index in [1.807, 2.05) is 24.5 Å². The Morgan fingerprint density at radius 3 is 2.57 bits per heavy atom. The van der Waals surface area contributed by atoms with Crippen LogP contribution in [0.2, 0.25) is 0 Å². The Morgan fingerprint density at radius 1 is 1.24 bits per heavy atom. The molecule has 112 valence electrons. The third-order valence-corrected chi connectivity index (χ3v) is 5.62. The van der Waals surface area contributed by atoms with Gasteiger partial charge in [-0.05, 0) is 24.3 Å². The van der Waals surface area contributed by atoms with E-state index in [0.29, 0.717) is 5.76 Å². The Balaban J connectivity index is 1.54. The standard InChI is InChI=1S/C14H16N2O4S/c17-14(10-15-5-1-2-6-15)16-8-13(9-16)21(18,19)11-12-4-3-7-20-12/h1-7,13H,8-11H2. The number of nitrogens with zero attached hydrogens (tertiary/aromatic N) is 2. The first kappa shape index (κ1) is 13.9. The van der Waals surface area contributed by atoms with Crippen LogP contribution >= 0.6 is 0 Å². The molecule has 2 aromatic rings. The normalized spacial score (nSPS) is 15.9. The molecule has 21 heavy (non-hydrogen) atoms. The lowest BCUT2D eigenvalue weighted by atomic mass is 10.2. The van der Waals surface area contributed by atoms with Crippen molar-refractivity contribution >= 4 is 15.7 Å². The molecule has 1 amide bonds. The maximum atomic E-state index is 12.2. The lowest BCUT2D eigenvalue weighted by Gasteiger charge is -2.38. The molecule has 0 aromatic carbocycles. The second kappa shape index (κ2) is 5.40. The van der Waals surface area contributed by atoms with E-state index in [2.05, 4.69) is 0 Å². The quantitative estimate of drug-likeness (QED) is 0.823. The SMILES string of the molecule is O=C(Cn1cccc1)N1CC(S(=O)(=O)Cc2ccco2)C1. The molecule has 0 N–H and O–H groups in total. The molecule has 0 bridgehead atoms. The van der Waals surface area contributed by atoms with E-state index < -0.39 is 15.1 Å². The number of hydrogen-bond acceptors (Lipinski definition) is 4. The van der Waals surface area contributed by atoms with Crippen molar-refractivity contribution in [2.45, 2.75) is 17.5 Å². The highest BCUT2D eigenvalue weighted by Gasteiger charge is 2.39. The van der Waals surface area contributed by atoms with Crippen molar-refractivity contribution in [1.29, 1.82) is 0 Å². The fourth-order valence-corrected chi connectivity index (χ4v) is 3.92. The molecule has 6 nitrogen and oxygen atoms in total. The van der Waals surface area contributed by atoms with Gasteiger partial charge in [-0.1, -0.05) is 0 Å². The smallest absolute Gasteiger partial charge is 0.242 e. The summed E-state index contributed by atoms with van der Waals surface area (Å²) in [6.45, 7) is 0.782. The first-order chi connectivity index (χ1) is 10.0. The summed E-state index contributed by atoms with van der Waals surface area (Å²) in [5.41, 5.74) is 0. The minimum Gasteiger partial charge on any atom is -0.468 e. The third-order valence-electron chi connectivity index (χ3n) is 3.62. The van der Waals surface area contributed by atoms with Crippen LogP contribution in [-0.4, -0.2) is 42.1 Å². The number of hydrogen-bond donors (Lipinski definition) is 0. The zero-order valence-corrected chi connectivity index (χ0v) is 12.2. The van der Waals surface area contributed by atoms with Crippen molar-refractivity contribution in [2.24, 2.45) is 0 Å². The molecular weight excluding hydrogens is 292 g/mol. The monoisotopic (exact) mass is 308 g/mol. The fourth-order valence-electron chi connectivity index (χ4n) is 2.31. The van der Waals surface area contributed by atoms with Crippen molar-refractivity contribution in [3.8, 4) is 0 Å². The van der Waals surface area contributed by atoms with Crippen LogP contribution in [-0.2, 0) is 26.9 Å². The van der Waals surface area contributed by atoms with Crippen molar-refractivity contribution in [2.75, 3.05) is 13.1 Å². The van der Waals surface area contributed by atoms with Gasteiger partial charge in [0.15, 0.2) is 9.84 Å². The molecule has 0 atom stereocenters. The summed E-state index contributed by atoms with van der Waals surface area (Å²) in [6.07, 6.45) is 5.07. The second-order valence-corrected chi connectivity index (χ2v) is 7.44. The van der Waals surface area contributed by atoms with Gasteiger partial charge in [0.1, 0.15) is 18.1 Å². The van der Waals surface area contributed by atoms with Gasteiger partial charge in [0, 0.05) is 25.5 Å². The molecule has 3 heterocycles. The van der Waals surface area contributed by atoms with Gasteiger partial charge < -0.3 is 13.9 Å². The Morgan fingerprint density at radius 2 is 1.95 bits per heavy atom. The lowest BCUT2D eigenvalue weighted by Crippen LogP contribution is -2.57. The number of likely N-dealkylation sites (tertiary alicyclic amines) is 1. The number of sulfone groups is 1. The average Bonchev–Trinajstić information content (AvgIpc) is 2.99. The number of aromatic nitrogens is 1. The van der Waals surface area contributed by atoms with Gasteiger partial charge in [-0.2, -0.15) is 0 Å². The molecule has 0 radical (unpaired) electrons. The van der Waals surface area contributed by atoms with Crippen LogP contribution in [0, 0.1) is 0 Å². The molecule has 0 spiro atoms. The molecule has 7 heteroatoms. The molecule has 0 unspecified atom stereocenters. The van der Waals surface area contributed by atoms with Gasteiger partial charge in [-0.25, -0.2) is 8.42 Å². The number of carbonyl (C=O) groups is 1. The number of furan rings is 1. The Kier molecular flexibility index (Phi) is 3.59. The minimum absolute atomic E-state index is 0.0596. The van der Waals surface area contributed by atoms with Gasteiger partial charge in [-0.3, -0.25) is 4.79 Å². The van der Waals surface area contributed by atoms with Crippen LogP contribution in [0.15, 0.2) is 47.3 Å². The first-order valence-electron chi connectivity index (χ1n) is 6.67. The van der Waals surface area contributed by atoms with Gasteiger partial charge in [0.25, 0.3) is 0 Å². The van der Waals surface area contributed by atoms with Crippen LogP contribution < -0.4 is 0 Å². The van der Waals surface area contributed by atoms with E-state index in [-0.39, 0.29) is 31.3 Å². The van der Waals surface area contributed by atoms with Gasteiger partial charge in [0.05, 0.1) is 11.5 Å². The molecule has 1 aliphatic rings. The molecule has 1 aliphatic heterocycles. The zero-order valence-electron chi connectivity index (χ0n) is 11.4. The number of rotatable bonds is 5. The highest BCUT2D eigenvalue weighted by Crippen LogP contribution is 2.21. The molecule has 2 aromatic heterocycles. The van der Waals surface area contributed by atoms with Crippen molar-refractivity contribution in [3.05, 3.63) is 48.7 Å². The van der Waals surface area contributed by atoms with Crippen molar-refractivity contribution in [3.63, 3.8) is 0 Å². The molecule has 0 aliphatic carbocycles. The van der Waals surface area contributed by atoms with Crippen molar-refractivity contribution in [1.82, 2.24) is 9.47 Å². The van der Waals surface area contributed by atoms with Crippen LogP contribution in [0.4, 0.5) is 0 Å². The lowest BCUT2D eigenvalue weighted by molar-refractivity contribution is -0.135. The first-order valence-corrected chi connectivity index (χ1v) is 8.38. The van der Waals surface area contributed by atoms with Gasteiger partial charge in [-0.15, -0.1) is 0 Å². The van der Waals surface area contributed by atoms with E-state index in [9.17, 15) is 13.2 Å².